The molecular weight excluding hydrogens is 394 g/mol. The van der Waals surface area contributed by atoms with Crippen LogP contribution in [0.5, 0.6) is 11.5 Å². The van der Waals surface area contributed by atoms with Crippen molar-refractivity contribution < 1.29 is 27.8 Å². The third kappa shape index (κ3) is 6.72. The fraction of sp³-hybridized carbons (Fsp3) is 0.364. The molecule has 30 heavy (non-hydrogen) atoms. The van der Waals surface area contributed by atoms with Crippen LogP contribution in [0.4, 0.5) is 14.5 Å². The van der Waals surface area contributed by atoms with Crippen molar-refractivity contribution in [3.63, 3.8) is 0 Å². The van der Waals surface area contributed by atoms with Gasteiger partial charge in [-0.1, -0.05) is 32.9 Å². The molecule has 0 unspecified atom stereocenters. The number of anilines is 1. The van der Waals surface area contributed by atoms with Crippen LogP contribution in [0, 0.1) is 5.41 Å². The molecule has 0 aromatic heterocycles. The van der Waals surface area contributed by atoms with Crippen molar-refractivity contribution in [2.75, 3.05) is 19.0 Å². The summed E-state index contributed by atoms with van der Waals surface area (Å²) in [6, 6.07) is 11.3. The average Bonchev–Trinajstić information content (AvgIpc) is 2.67. The van der Waals surface area contributed by atoms with Crippen LogP contribution in [0.1, 0.15) is 36.7 Å². The third-order valence-electron chi connectivity index (χ3n) is 4.21. The molecule has 0 saturated heterocycles. The summed E-state index contributed by atoms with van der Waals surface area (Å²) >= 11 is 0. The molecule has 2 N–H and O–H groups in total. The molecule has 0 bridgehead atoms. The lowest BCUT2D eigenvalue weighted by atomic mass is 9.95. The zero-order chi connectivity index (χ0) is 22.3. The molecule has 0 radical (unpaired) electrons. The van der Waals surface area contributed by atoms with E-state index >= 15 is 0 Å². The molecule has 0 aliphatic carbocycles. The van der Waals surface area contributed by atoms with Gasteiger partial charge in [0.15, 0.2) is 11.5 Å². The fourth-order valence-electron chi connectivity index (χ4n) is 2.54. The number of hydrogen-bond donors (Lipinski definition) is 2. The maximum absolute atomic E-state index is 12.5. The zero-order valence-electron chi connectivity index (χ0n) is 17.4. The van der Waals surface area contributed by atoms with E-state index in [1.165, 1.54) is 19.2 Å². The van der Waals surface area contributed by atoms with Crippen LogP contribution in [0.25, 0.3) is 0 Å². The number of amides is 2. The minimum atomic E-state index is -2.96. The molecule has 2 rings (SSSR count). The number of ether oxygens (including phenoxy) is 2. The van der Waals surface area contributed by atoms with Crippen molar-refractivity contribution in [2.45, 2.75) is 33.8 Å². The summed E-state index contributed by atoms with van der Waals surface area (Å²) in [5.41, 5.74) is 1.09. The Bertz CT molecular complexity index is 895. The molecule has 0 fully saturated rings. The number of methoxy groups -OCH3 is 1. The molecule has 2 amide bonds. The van der Waals surface area contributed by atoms with Gasteiger partial charge in [-0.3, -0.25) is 9.59 Å². The van der Waals surface area contributed by atoms with E-state index in [1.54, 1.807) is 51.1 Å². The molecule has 6 nitrogen and oxygen atoms in total. The predicted octanol–water partition coefficient (Wildman–Crippen LogP) is 4.25. The first-order valence-corrected chi connectivity index (χ1v) is 9.41. The predicted molar refractivity (Wildman–Crippen MR) is 110 cm³/mol. The van der Waals surface area contributed by atoms with E-state index in [0.29, 0.717) is 23.2 Å². The highest BCUT2D eigenvalue weighted by Crippen LogP contribution is 2.29. The van der Waals surface area contributed by atoms with Gasteiger partial charge in [-0.15, -0.1) is 0 Å². The molecule has 0 saturated carbocycles. The van der Waals surface area contributed by atoms with E-state index in [4.69, 9.17) is 4.74 Å². The minimum absolute atomic E-state index is 0.0568. The van der Waals surface area contributed by atoms with Crippen LogP contribution in [0.3, 0.4) is 0 Å². The lowest BCUT2D eigenvalue weighted by molar-refractivity contribution is -0.123. The number of nitrogens with one attached hydrogen (secondary N) is 2. The number of carbonyl (C=O) groups is 2. The van der Waals surface area contributed by atoms with Crippen LogP contribution < -0.4 is 20.1 Å². The molecule has 0 spiro atoms. The number of halogens is 2. The topological polar surface area (TPSA) is 76.7 Å². The van der Waals surface area contributed by atoms with Crippen molar-refractivity contribution in [1.82, 2.24) is 5.32 Å². The van der Waals surface area contributed by atoms with Crippen molar-refractivity contribution in [3.05, 3.63) is 53.6 Å². The number of alkyl halides is 2. The first kappa shape index (κ1) is 23.1. The summed E-state index contributed by atoms with van der Waals surface area (Å²) in [5, 5.41) is 5.56. The summed E-state index contributed by atoms with van der Waals surface area (Å²) in [6.45, 7) is 2.74. The standard InChI is InChI=1S/C22H26F2N2O4/c1-22(2,3)20(28)26-16-7-5-6-15(13-16)19(27)25-11-10-14-8-9-17(29-4)18(12-14)30-21(23)24/h5-9,12-13,21H,10-11H2,1-4H3,(H,25,27)(H,26,28). The van der Waals surface area contributed by atoms with Crippen LogP contribution in [0.2, 0.25) is 0 Å². The summed E-state index contributed by atoms with van der Waals surface area (Å²) in [4.78, 5) is 24.5. The van der Waals surface area contributed by atoms with E-state index in [-0.39, 0.29) is 29.9 Å². The summed E-state index contributed by atoms with van der Waals surface area (Å²) in [6.07, 6.45) is 0.412. The Morgan fingerprint density at radius 3 is 2.43 bits per heavy atom. The van der Waals surface area contributed by atoms with Crippen LogP contribution in [-0.2, 0) is 11.2 Å². The third-order valence-corrected chi connectivity index (χ3v) is 4.21. The van der Waals surface area contributed by atoms with Crippen LogP contribution in [-0.4, -0.2) is 32.1 Å². The zero-order valence-corrected chi connectivity index (χ0v) is 17.4. The second kappa shape index (κ2) is 10.0. The van der Waals surface area contributed by atoms with E-state index in [1.807, 2.05) is 0 Å². The Labute approximate surface area is 174 Å². The number of carbonyl (C=O) groups excluding carboxylic acids is 2. The maximum Gasteiger partial charge on any atom is 0.387 e. The highest BCUT2D eigenvalue weighted by molar-refractivity contribution is 5.98. The number of rotatable bonds is 8. The van der Waals surface area contributed by atoms with Gasteiger partial charge in [0.2, 0.25) is 5.91 Å². The van der Waals surface area contributed by atoms with Gasteiger partial charge in [-0.05, 0) is 42.3 Å². The van der Waals surface area contributed by atoms with Crippen molar-refractivity contribution in [3.8, 4) is 11.5 Å². The van der Waals surface area contributed by atoms with Gasteiger partial charge in [0.25, 0.3) is 5.91 Å². The molecule has 0 heterocycles. The Kier molecular flexibility index (Phi) is 7.74. The molecular formula is C22H26F2N2O4. The van der Waals surface area contributed by atoms with E-state index in [9.17, 15) is 18.4 Å². The summed E-state index contributed by atoms with van der Waals surface area (Å²) < 4.78 is 34.5. The molecule has 0 aliphatic heterocycles. The summed E-state index contributed by atoms with van der Waals surface area (Å²) in [5.74, 6) is -0.309. The van der Waals surface area contributed by atoms with E-state index in [2.05, 4.69) is 15.4 Å². The number of hydrogen-bond acceptors (Lipinski definition) is 4. The van der Waals surface area contributed by atoms with Gasteiger partial charge in [0.05, 0.1) is 7.11 Å². The van der Waals surface area contributed by atoms with Gasteiger partial charge >= 0.3 is 6.61 Å². The lowest BCUT2D eigenvalue weighted by Gasteiger charge is -2.18. The lowest BCUT2D eigenvalue weighted by Crippen LogP contribution is -2.28. The highest BCUT2D eigenvalue weighted by atomic mass is 19.3. The van der Waals surface area contributed by atoms with Gasteiger partial charge < -0.3 is 20.1 Å². The van der Waals surface area contributed by atoms with Crippen molar-refractivity contribution in [1.29, 1.82) is 0 Å². The first-order chi connectivity index (χ1) is 14.1. The first-order valence-electron chi connectivity index (χ1n) is 9.41. The smallest absolute Gasteiger partial charge is 0.387 e. The monoisotopic (exact) mass is 420 g/mol. The maximum atomic E-state index is 12.5. The largest absolute Gasteiger partial charge is 0.493 e. The van der Waals surface area contributed by atoms with Gasteiger partial charge in [0.1, 0.15) is 0 Å². The van der Waals surface area contributed by atoms with Crippen molar-refractivity contribution >= 4 is 17.5 Å². The molecule has 0 aliphatic rings. The molecule has 0 atom stereocenters. The molecule has 8 heteroatoms. The van der Waals surface area contributed by atoms with Crippen LogP contribution >= 0.6 is 0 Å². The van der Waals surface area contributed by atoms with E-state index in [0.717, 1.165) is 0 Å². The fourth-order valence-corrected chi connectivity index (χ4v) is 2.54. The molecule has 2 aromatic carbocycles. The minimum Gasteiger partial charge on any atom is -0.493 e. The Morgan fingerprint density at radius 1 is 1.07 bits per heavy atom. The average molecular weight is 420 g/mol. The second-order valence-corrected chi connectivity index (χ2v) is 7.65. The Morgan fingerprint density at radius 2 is 1.80 bits per heavy atom. The van der Waals surface area contributed by atoms with Crippen LogP contribution in [0.15, 0.2) is 42.5 Å². The van der Waals surface area contributed by atoms with Gasteiger partial charge in [-0.25, -0.2) is 0 Å². The SMILES string of the molecule is COc1ccc(CCNC(=O)c2cccc(NC(=O)C(C)(C)C)c2)cc1OC(F)F. The number of benzene rings is 2. The summed E-state index contributed by atoms with van der Waals surface area (Å²) in [7, 11) is 1.37. The molecule has 162 valence electrons. The highest BCUT2D eigenvalue weighted by Gasteiger charge is 2.21. The Hall–Kier alpha value is -3.16. The quantitative estimate of drug-likeness (QED) is 0.669. The Balaban J connectivity index is 1.96. The second-order valence-electron chi connectivity index (χ2n) is 7.65. The van der Waals surface area contributed by atoms with Crippen molar-refractivity contribution in [2.24, 2.45) is 5.41 Å². The molecule has 2 aromatic rings. The van der Waals surface area contributed by atoms with E-state index < -0.39 is 12.0 Å². The van der Waals surface area contributed by atoms with Gasteiger partial charge in [-0.2, -0.15) is 8.78 Å². The normalized spacial score (nSPS) is 11.2. The van der Waals surface area contributed by atoms with Gasteiger partial charge in [0, 0.05) is 23.2 Å².